The van der Waals surface area contributed by atoms with Crippen molar-refractivity contribution < 1.29 is 9.53 Å². The number of benzene rings is 1. The van der Waals surface area contributed by atoms with Crippen LogP contribution in [0.2, 0.25) is 0 Å². The molecule has 5 nitrogen and oxygen atoms in total. The molecule has 0 saturated heterocycles. The number of nitrogens with two attached hydrogens (primary N) is 1. The van der Waals surface area contributed by atoms with Gasteiger partial charge in [-0.2, -0.15) is 4.37 Å². The Kier molecular flexibility index (Phi) is 3.79. The summed E-state index contributed by atoms with van der Waals surface area (Å²) in [6.07, 6.45) is 1.88. The second-order valence-electron chi connectivity index (χ2n) is 5.01. The van der Waals surface area contributed by atoms with Gasteiger partial charge in [0.05, 0.1) is 6.61 Å². The van der Waals surface area contributed by atoms with Crippen molar-refractivity contribution in [2.45, 2.75) is 25.8 Å². The number of anilines is 2. The van der Waals surface area contributed by atoms with Gasteiger partial charge >= 0.3 is 5.97 Å². The highest BCUT2D eigenvalue weighted by Gasteiger charge is 2.26. The second kappa shape index (κ2) is 5.73. The van der Waals surface area contributed by atoms with Crippen molar-refractivity contribution >= 4 is 28.3 Å². The zero-order valence-corrected chi connectivity index (χ0v) is 12.6. The number of rotatable bonds is 4. The van der Waals surface area contributed by atoms with Gasteiger partial charge in [-0.15, -0.1) is 0 Å². The smallest absolute Gasteiger partial charge is 0.344 e. The fraction of sp³-hybridized carbons (Fsp3) is 0.333. The summed E-state index contributed by atoms with van der Waals surface area (Å²) in [6, 6.07) is 8.65. The molecule has 0 fully saturated rings. The average Bonchev–Trinajstić information content (AvgIpc) is 3.02. The molecule has 0 bridgehead atoms. The number of fused-ring (bicyclic) bond motifs is 1. The Morgan fingerprint density at radius 1 is 1.43 bits per heavy atom. The van der Waals surface area contributed by atoms with Crippen LogP contribution < -0.4 is 11.1 Å². The lowest BCUT2D eigenvalue weighted by molar-refractivity contribution is 0.0529. The minimum absolute atomic E-state index is 0.233. The number of ether oxygens (including phenoxy) is 1. The summed E-state index contributed by atoms with van der Waals surface area (Å²) in [5, 5.41) is 4.09. The Morgan fingerprint density at radius 3 is 2.71 bits per heavy atom. The molecule has 3 N–H and O–H groups in total. The van der Waals surface area contributed by atoms with Crippen LogP contribution in [0.3, 0.4) is 0 Å². The molecule has 0 saturated carbocycles. The first-order chi connectivity index (χ1) is 10.2. The molecule has 21 heavy (non-hydrogen) atoms. The normalized spacial score (nSPS) is 14.0. The van der Waals surface area contributed by atoms with E-state index in [1.54, 1.807) is 6.92 Å². The van der Waals surface area contributed by atoms with Gasteiger partial charge in [-0.3, -0.25) is 0 Å². The van der Waals surface area contributed by atoms with E-state index in [0.29, 0.717) is 17.2 Å². The second-order valence-corrected chi connectivity index (χ2v) is 5.78. The summed E-state index contributed by atoms with van der Waals surface area (Å²) in [7, 11) is 0. The van der Waals surface area contributed by atoms with Crippen LogP contribution in [0.25, 0.3) is 0 Å². The average molecular weight is 303 g/mol. The minimum atomic E-state index is -0.415. The molecule has 0 radical (unpaired) electrons. The van der Waals surface area contributed by atoms with Crippen molar-refractivity contribution in [3.8, 4) is 0 Å². The van der Waals surface area contributed by atoms with E-state index in [4.69, 9.17) is 10.5 Å². The zero-order chi connectivity index (χ0) is 14.8. The van der Waals surface area contributed by atoms with Gasteiger partial charge in [0.2, 0.25) is 0 Å². The quantitative estimate of drug-likeness (QED) is 0.849. The molecule has 0 atom stereocenters. The summed E-state index contributed by atoms with van der Waals surface area (Å²) in [5.74, 6) is -0.182. The molecule has 1 aromatic carbocycles. The SMILES string of the molecule is CCOC(=O)c1c(N)nsc1NC1Cc2ccccc2C1. The predicted octanol–water partition coefficient (Wildman–Crippen LogP) is 2.48. The van der Waals surface area contributed by atoms with E-state index in [9.17, 15) is 4.79 Å². The third kappa shape index (κ3) is 2.71. The van der Waals surface area contributed by atoms with Gasteiger partial charge in [-0.25, -0.2) is 4.79 Å². The highest BCUT2D eigenvalue weighted by atomic mass is 32.1. The van der Waals surface area contributed by atoms with Gasteiger partial charge in [0.25, 0.3) is 0 Å². The van der Waals surface area contributed by atoms with Crippen molar-refractivity contribution in [1.82, 2.24) is 4.37 Å². The summed E-state index contributed by atoms with van der Waals surface area (Å²) in [4.78, 5) is 12.0. The van der Waals surface area contributed by atoms with E-state index in [1.807, 2.05) is 0 Å². The molecule has 1 aliphatic carbocycles. The van der Waals surface area contributed by atoms with Gasteiger partial charge in [-0.05, 0) is 42.4 Å². The lowest BCUT2D eigenvalue weighted by atomic mass is 10.1. The monoisotopic (exact) mass is 303 g/mol. The third-order valence-electron chi connectivity index (χ3n) is 3.58. The van der Waals surface area contributed by atoms with E-state index in [-0.39, 0.29) is 11.9 Å². The van der Waals surface area contributed by atoms with Gasteiger partial charge in [0.15, 0.2) is 5.82 Å². The van der Waals surface area contributed by atoms with Crippen LogP contribution in [0.4, 0.5) is 10.8 Å². The van der Waals surface area contributed by atoms with Crippen molar-refractivity contribution in [3.63, 3.8) is 0 Å². The molecule has 1 heterocycles. The number of nitrogen functional groups attached to an aromatic ring is 1. The van der Waals surface area contributed by atoms with Crippen LogP contribution in [0.1, 0.15) is 28.4 Å². The lowest BCUT2D eigenvalue weighted by Crippen LogP contribution is -2.20. The van der Waals surface area contributed by atoms with E-state index < -0.39 is 5.97 Å². The summed E-state index contributed by atoms with van der Waals surface area (Å²) in [6.45, 7) is 2.09. The molecule has 0 unspecified atom stereocenters. The summed E-state index contributed by atoms with van der Waals surface area (Å²) < 4.78 is 9.11. The Bertz CT molecular complexity index is 644. The maximum Gasteiger partial charge on any atom is 0.344 e. The van der Waals surface area contributed by atoms with Gasteiger partial charge in [0, 0.05) is 6.04 Å². The largest absolute Gasteiger partial charge is 0.462 e. The molecule has 0 aliphatic heterocycles. The van der Waals surface area contributed by atoms with Crippen LogP contribution in [-0.4, -0.2) is 23.0 Å². The maximum absolute atomic E-state index is 12.0. The number of nitrogens with one attached hydrogen (secondary N) is 1. The first-order valence-corrected chi connectivity index (χ1v) is 7.72. The molecule has 0 amide bonds. The zero-order valence-electron chi connectivity index (χ0n) is 11.8. The Hall–Kier alpha value is -2.08. The van der Waals surface area contributed by atoms with Crippen molar-refractivity contribution in [2.24, 2.45) is 0 Å². The predicted molar refractivity (Wildman–Crippen MR) is 83.7 cm³/mol. The van der Waals surface area contributed by atoms with Crippen molar-refractivity contribution in [2.75, 3.05) is 17.7 Å². The molecule has 1 aliphatic rings. The molecule has 6 heteroatoms. The minimum Gasteiger partial charge on any atom is -0.462 e. The Balaban J connectivity index is 1.77. The molecule has 0 spiro atoms. The number of carbonyl (C=O) groups excluding carboxylic acids is 1. The Labute approximate surface area is 127 Å². The van der Waals surface area contributed by atoms with E-state index >= 15 is 0 Å². The van der Waals surface area contributed by atoms with Crippen molar-refractivity contribution in [3.05, 3.63) is 41.0 Å². The first-order valence-electron chi connectivity index (χ1n) is 6.94. The highest BCUT2D eigenvalue weighted by Crippen LogP contribution is 2.31. The van der Waals surface area contributed by atoms with Gasteiger partial charge < -0.3 is 15.8 Å². The molecule has 110 valence electrons. The highest BCUT2D eigenvalue weighted by molar-refractivity contribution is 7.11. The van der Waals surface area contributed by atoms with Crippen LogP contribution in [-0.2, 0) is 17.6 Å². The van der Waals surface area contributed by atoms with Gasteiger partial charge in [0.1, 0.15) is 10.6 Å². The van der Waals surface area contributed by atoms with Crippen LogP contribution in [0, 0.1) is 0 Å². The molecule has 3 rings (SSSR count). The number of esters is 1. The Morgan fingerprint density at radius 2 is 2.10 bits per heavy atom. The van der Waals surface area contributed by atoms with Crippen LogP contribution in [0.15, 0.2) is 24.3 Å². The van der Waals surface area contributed by atoms with E-state index in [2.05, 4.69) is 34.0 Å². The number of hydrogen-bond acceptors (Lipinski definition) is 6. The number of hydrogen-bond donors (Lipinski definition) is 2. The van der Waals surface area contributed by atoms with Crippen molar-refractivity contribution in [1.29, 1.82) is 0 Å². The van der Waals surface area contributed by atoms with Crippen LogP contribution >= 0.6 is 11.5 Å². The lowest BCUT2D eigenvalue weighted by Gasteiger charge is -2.12. The fourth-order valence-electron chi connectivity index (χ4n) is 2.65. The molecule has 2 aromatic rings. The number of carbonyl (C=O) groups is 1. The topological polar surface area (TPSA) is 77.2 Å². The number of aromatic nitrogens is 1. The number of nitrogens with zero attached hydrogens (tertiary/aromatic N) is 1. The summed E-state index contributed by atoms with van der Waals surface area (Å²) in [5.41, 5.74) is 8.85. The van der Waals surface area contributed by atoms with E-state index in [1.165, 1.54) is 22.7 Å². The molecule has 1 aromatic heterocycles. The molecular weight excluding hydrogens is 286 g/mol. The van der Waals surface area contributed by atoms with E-state index in [0.717, 1.165) is 12.8 Å². The fourth-order valence-corrected chi connectivity index (χ4v) is 3.43. The van der Waals surface area contributed by atoms with Crippen LogP contribution in [0.5, 0.6) is 0 Å². The summed E-state index contributed by atoms with van der Waals surface area (Å²) >= 11 is 1.21. The molecular formula is C15H17N3O2S. The third-order valence-corrected chi connectivity index (χ3v) is 4.38. The first kappa shape index (κ1) is 13.9. The van der Waals surface area contributed by atoms with Gasteiger partial charge in [-0.1, -0.05) is 24.3 Å². The standard InChI is InChI=1S/C15H17N3O2S/c1-2-20-15(19)12-13(16)18-21-14(12)17-11-7-9-5-3-4-6-10(9)8-11/h3-6,11,17H,2,7-8H2,1H3,(H2,16,18). The maximum atomic E-state index is 12.0.